The molecular weight excluding hydrogens is 253 g/mol. The van der Waals surface area contributed by atoms with Gasteiger partial charge in [0.05, 0.1) is 17.6 Å². The predicted octanol–water partition coefficient (Wildman–Crippen LogP) is 4.32. The normalized spacial score (nSPS) is 12.2. The van der Waals surface area contributed by atoms with Crippen LogP contribution in [0.5, 0.6) is 0 Å². The lowest BCUT2D eigenvalue weighted by Crippen LogP contribution is -2.11. The Hall–Kier alpha value is -1.78. The summed E-state index contributed by atoms with van der Waals surface area (Å²) in [6, 6.07) is 4.40. The van der Waals surface area contributed by atoms with E-state index < -0.39 is 11.7 Å². The molecule has 2 rings (SSSR count). The number of hydrogen-bond acceptors (Lipinski definition) is 1. The molecule has 0 amide bonds. The zero-order valence-electron chi connectivity index (χ0n) is 11.0. The number of aryl methyl sites for hydroxylation is 1. The van der Waals surface area contributed by atoms with Gasteiger partial charge in [-0.3, -0.25) is 0 Å². The molecule has 0 aliphatic carbocycles. The maximum Gasteiger partial charge on any atom is 0.416 e. The molecule has 0 aliphatic rings. The molecule has 0 saturated heterocycles. The fourth-order valence-electron chi connectivity index (χ4n) is 2.02. The molecule has 2 aromatic rings. The van der Waals surface area contributed by atoms with Crippen molar-refractivity contribution in [2.75, 3.05) is 0 Å². The van der Waals surface area contributed by atoms with Gasteiger partial charge in [-0.2, -0.15) is 13.2 Å². The second kappa shape index (κ2) is 4.72. The molecule has 0 fully saturated rings. The fourth-order valence-corrected chi connectivity index (χ4v) is 2.02. The zero-order chi connectivity index (χ0) is 14.2. The van der Waals surface area contributed by atoms with Crippen LogP contribution in [0.1, 0.15) is 36.6 Å². The molecule has 0 N–H and O–H groups in total. The lowest BCUT2D eigenvalue weighted by Gasteiger charge is -2.17. The molecule has 19 heavy (non-hydrogen) atoms. The number of rotatable bonds is 2. The molecule has 5 heteroatoms. The maximum atomic E-state index is 13.1. The summed E-state index contributed by atoms with van der Waals surface area (Å²) in [5, 5.41) is 0. The Bertz CT molecular complexity index is 583. The van der Waals surface area contributed by atoms with Gasteiger partial charge in [0.15, 0.2) is 0 Å². The summed E-state index contributed by atoms with van der Waals surface area (Å²) in [6.45, 7) is 5.31. The maximum absolute atomic E-state index is 13.1. The van der Waals surface area contributed by atoms with Crippen LogP contribution in [0.25, 0.3) is 5.69 Å². The minimum atomic E-state index is -4.34. The summed E-state index contributed by atoms with van der Waals surface area (Å²) in [7, 11) is 0. The number of hydrogen-bond donors (Lipinski definition) is 0. The number of imidazole rings is 1. The topological polar surface area (TPSA) is 17.8 Å². The third-order valence-corrected chi connectivity index (χ3v) is 2.97. The van der Waals surface area contributed by atoms with Crippen LogP contribution in [0.4, 0.5) is 13.2 Å². The monoisotopic (exact) mass is 268 g/mol. The van der Waals surface area contributed by atoms with Crippen LogP contribution in [0.3, 0.4) is 0 Å². The van der Waals surface area contributed by atoms with E-state index in [0.29, 0.717) is 11.3 Å². The van der Waals surface area contributed by atoms with Gasteiger partial charge in [0.25, 0.3) is 0 Å². The Morgan fingerprint density at radius 3 is 2.37 bits per heavy atom. The van der Waals surface area contributed by atoms with E-state index in [0.717, 1.165) is 5.69 Å². The van der Waals surface area contributed by atoms with Gasteiger partial charge in [-0.25, -0.2) is 4.98 Å². The molecule has 0 atom stereocenters. The van der Waals surface area contributed by atoms with Crippen molar-refractivity contribution in [2.45, 2.75) is 32.9 Å². The number of aromatic nitrogens is 2. The molecule has 0 unspecified atom stereocenters. The van der Waals surface area contributed by atoms with Gasteiger partial charge in [-0.05, 0) is 30.5 Å². The Morgan fingerprint density at radius 2 is 1.89 bits per heavy atom. The van der Waals surface area contributed by atoms with Crippen LogP contribution in [0.15, 0.2) is 30.7 Å². The molecule has 1 aromatic heterocycles. The van der Waals surface area contributed by atoms with E-state index >= 15 is 0 Å². The van der Waals surface area contributed by atoms with E-state index in [-0.39, 0.29) is 5.92 Å². The number of alkyl halides is 3. The summed E-state index contributed by atoms with van der Waals surface area (Å²) < 4.78 is 40.8. The van der Waals surface area contributed by atoms with Gasteiger partial charge in [0.1, 0.15) is 0 Å². The van der Waals surface area contributed by atoms with Gasteiger partial charge in [0.2, 0.25) is 0 Å². The smallest absolute Gasteiger partial charge is 0.306 e. The second-order valence-electron chi connectivity index (χ2n) is 4.85. The first kappa shape index (κ1) is 13.6. The van der Waals surface area contributed by atoms with Crippen molar-refractivity contribution in [3.8, 4) is 5.69 Å². The molecule has 1 aromatic carbocycles. The first-order valence-electron chi connectivity index (χ1n) is 6.01. The molecule has 0 spiro atoms. The van der Waals surface area contributed by atoms with Crippen molar-refractivity contribution in [3.63, 3.8) is 0 Å². The Morgan fingerprint density at radius 1 is 1.21 bits per heavy atom. The van der Waals surface area contributed by atoms with Crippen molar-refractivity contribution in [2.24, 2.45) is 0 Å². The molecule has 0 radical (unpaired) electrons. The van der Waals surface area contributed by atoms with Crippen molar-refractivity contribution >= 4 is 0 Å². The lowest BCUT2D eigenvalue weighted by molar-refractivity contribution is -0.138. The van der Waals surface area contributed by atoms with Crippen LogP contribution >= 0.6 is 0 Å². The number of benzene rings is 1. The summed E-state index contributed by atoms with van der Waals surface area (Å²) >= 11 is 0. The SMILES string of the molecule is Cc1cn(-c2ccc(C(C)C)c(C(F)(F)F)c2)cn1. The number of nitrogens with zero attached hydrogens (tertiary/aromatic N) is 2. The summed E-state index contributed by atoms with van der Waals surface area (Å²) in [5.74, 6) is -0.171. The average Bonchev–Trinajstić information content (AvgIpc) is 2.74. The van der Waals surface area contributed by atoms with E-state index in [4.69, 9.17) is 0 Å². The third kappa shape index (κ3) is 2.80. The highest BCUT2D eigenvalue weighted by molar-refractivity contribution is 5.43. The van der Waals surface area contributed by atoms with Gasteiger partial charge >= 0.3 is 6.18 Å². The quantitative estimate of drug-likeness (QED) is 0.793. The third-order valence-electron chi connectivity index (χ3n) is 2.97. The Kier molecular flexibility index (Phi) is 3.39. The molecule has 2 nitrogen and oxygen atoms in total. The minimum Gasteiger partial charge on any atom is -0.306 e. The van der Waals surface area contributed by atoms with E-state index in [1.165, 1.54) is 18.5 Å². The van der Waals surface area contributed by atoms with Gasteiger partial charge in [0, 0.05) is 11.9 Å². The average molecular weight is 268 g/mol. The highest BCUT2D eigenvalue weighted by Gasteiger charge is 2.34. The van der Waals surface area contributed by atoms with Gasteiger partial charge < -0.3 is 4.57 Å². The van der Waals surface area contributed by atoms with Crippen LogP contribution < -0.4 is 0 Å². The highest BCUT2D eigenvalue weighted by Crippen LogP contribution is 2.36. The van der Waals surface area contributed by atoms with Crippen molar-refractivity contribution < 1.29 is 13.2 Å². The molecule has 102 valence electrons. The zero-order valence-corrected chi connectivity index (χ0v) is 11.0. The highest BCUT2D eigenvalue weighted by atomic mass is 19.4. The van der Waals surface area contributed by atoms with Crippen molar-refractivity contribution in [1.29, 1.82) is 0 Å². The van der Waals surface area contributed by atoms with Gasteiger partial charge in [-0.1, -0.05) is 19.9 Å². The van der Waals surface area contributed by atoms with Gasteiger partial charge in [-0.15, -0.1) is 0 Å². The van der Waals surface area contributed by atoms with Crippen LogP contribution in [-0.2, 0) is 6.18 Å². The summed E-state index contributed by atoms with van der Waals surface area (Å²) in [5.41, 5.74) is 0.971. The largest absolute Gasteiger partial charge is 0.416 e. The Balaban J connectivity index is 2.56. The lowest BCUT2D eigenvalue weighted by atomic mass is 9.96. The standard InChI is InChI=1S/C14H15F3N2/c1-9(2)12-5-4-11(6-13(12)14(15,16)17)19-7-10(3)18-8-19/h4-9H,1-3H3. The number of halogens is 3. The second-order valence-corrected chi connectivity index (χ2v) is 4.85. The van der Waals surface area contributed by atoms with Crippen molar-refractivity contribution in [3.05, 3.63) is 47.5 Å². The van der Waals surface area contributed by atoms with E-state index in [9.17, 15) is 13.2 Å². The van der Waals surface area contributed by atoms with Crippen LogP contribution in [0.2, 0.25) is 0 Å². The minimum absolute atomic E-state index is 0.171. The summed E-state index contributed by atoms with van der Waals surface area (Å²) in [4.78, 5) is 4.02. The Labute approximate surface area is 109 Å². The van der Waals surface area contributed by atoms with Crippen LogP contribution in [-0.4, -0.2) is 9.55 Å². The van der Waals surface area contributed by atoms with Crippen LogP contribution in [0, 0.1) is 6.92 Å². The predicted molar refractivity (Wildman–Crippen MR) is 67.4 cm³/mol. The molecule has 1 heterocycles. The van der Waals surface area contributed by atoms with E-state index in [1.807, 2.05) is 0 Å². The molecular formula is C14H15F3N2. The molecule has 0 aliphatic heterocycles. The molecule has 0 saturated carbocycles. The fraction of sp³-hybridized carbons (Fsp3) is 0.357. The molecule has 0 bridgehead atoms. The van der Waals surface area contributed by atoms with E-state index in [1.54, 1.807) is 37.6 Å². The first-order chi connectivity index (χ1) is 8.79. The van der Waals surface area contributed by atoms with E-state index in [2.05, 4.69) is 4.98 Å². The summed E-state index contributed by atoms with van der Waals surface area (Å²) in [6.07, 6.45) is -1.13. The first-order valence-corrected chi connectivity index (χ1v) is 6.01. The van der Waals surface area contributed by atoms with Crippen molar-refractivity contribution in [1.82, 2.24) is 9.55 Å².